The zero-order chi connectivity index (χ0) is 23.4. The van der Waals surface area contributed by atoms with E-state index in [2.05, 4.69) is 125 Å². The molecule has 2 aliphatic rings. The van der Waals surface area contributed by atoms with Crippen LogP contribution in [0.25, 0.3) is 38.5 Å². The Labute approximate surface area is 207 Å². The van der Waals surface area contributed by atoms with Crippen LogP contribution in [0.4, 0.5) is 17.1 Å². The van der Waals surface area contributed by atoms with Crippen LogP contribution in [0.1, 0.15) is 22.8 Å². The Morgan fingerprint density at radius 2 is 1.33 bits per heavy atom. The summed E-state index contributed by atoms with van der Waals surface area (Å²) in [4.78, 5) is 2.41. The minimum absolute atomic E-state index is 0.0269. The molecule has 0 saturated carbocycles. The van der Waals surface area contributed by atoms with E-state index < -0.39 is 0 Å². The van der Waals surface area contributed by atoms with E-state index in [1.54, 1.807) is 0 Å². The van der Waals surface area contributed by atoms with Crippen LogP contribution in [0.2, 0.25) is 0 Å². The standard InChI is InChI=1S/C33H20N2O/c1-2-10-20(11-3-1)34-27-19-18-22-21-12-4-7-15-25(21)35-26-16-8-5-13-23(26)29(30(27)31(22)35)33-32(34)24-14-6-9-17-28(24)36-33/h1-19,29H. The quantitative estimate of drug-likeness (QED) is 0.244. The van der Waals surface area contributed by atoms with E-state index in [0.29, 0.717) is 0 Å². The van der Waals surface area contributed by atoms with E-state index in [9.17, 15) is 0 Å². The lowest BCUT2D eigenvalue weighted by Crippen LogP contribution is -2.25. The van der Waals surface area contributed by atoms with Crippen LogP contribution < -0.4 is 4.90 Å². The highest BCUT2D eigenvalue weighted by Gasteiger charge is 2.42. The average molecular weight is 461 g/mol. The van der Waals surface area contributed by atoms with Crippen molar-refractivity contribution in [3.63, 3.8) is 0 Å². The number of anilines is 3. The van der Waals surface area contributed by atoms with Gasteiger partial charge in [-0.05, 0) is 48.0 Å². The third kappa shape index (κ3) is 2.11. The molecule has 2 aliphatic heterocycles. The molecule has 0 fully saturated rings. The van der Waals surface area contributed by atoms with Gasteiger partial charge in [0, 0.05) is 27.4 Å². The van der Waals surface area contributed by atoms with Crippen molar-refractivity contribution in [2.75, 3.05) is 4.90 Å². The van der Waals surface area contributed by atoms with Crippen LogP contribution in [0, 0.1) is 0 Å². The summed E-state index contributed by atoms with van der Waals surface area (Å²) in [5, 5.41) is 3.72. The fourth-order valence-corrected chi connectivity index (χ4v) is 6.61. The van der Waals surface area contributed by atoms with Crippen molar-refractivity contribution in [1.82, 2.24) is 4.57 Å². The van der Waals surface area contributed by atoms with Gasteiger partial charge in [-0.1, -0.05) is 72.8 Å². The van der Waals surface area contributed by atoms with Gasteiger partial charge in [-0.3, -0.25) is 0 Å². The van der Waals surface area contributed by atoms with Crippen molar-refractivity contribution in [3.8, 4) is 5.69 Å². The number of nitrogens with zero attached hydrogens (tertiary/aromatic N) is 2. The zero-order valence-electron chi connectivity index (χ0n) is 19.3. The fraction of sp³-hybridized carbons (Fsp3) is 0.0303. The highest BCUT2D eigenvalue weighted by Crippen LogP contribution is 2.59. The van der Waals surface area contributed by atoms with E-state index >= 15 is 0 Å². The number of furan rings is 1. The molecule has 0 N–H and O–H groups in total. The van der Waals surface area contributed by atoms with E-state index in [0.717, 1.165) is 28.1 Å². The Kier molecular flexibility index (Phi) is 3.33. The first-order valence-corrected chi connectivity index (χ1v) is 12.4. The number of rotatable bonds is 1. The summed E-state index contributed by atoms with van der Waals surface area (Å²) in [5.41, 5.74) is 10.8. The number of hydrogen-bond donors (Lipinski definition) is 0. The number of fused-ring (bicyclic) bond motifs is 10. The molecule has 0 saturated heterocycles. The van der Waals surface area contributed by atoms with Crippen LogP contribution in [0.15, 0.2) is 120 Å². The Bertz CT molecular complexity index is 2010. The van der Waals surface area contributed by atoms with Crippen molar-refractivity contribution in [3.05, 3.63) is 132 Å². The molecule has 2 aromatic heterocycles. The third-order valence-corrected chi connectivity index (χ3v) is 7.97. The summed E-state index contributed by atoms with van der Waals surface area (Å²) >= 11 is 0. The van der Waals surface area contributed by atoms with Gasteiger partial charge in [0.2, 0.25) is 0 Å². The minimum Gasteiger partial charge on any atom is -0.458 e. The van der Waals surface area contributed by atoms with Crippen LogP contribution in [0.3, 0.4) is 0 Å². The predicted molar refractivity (Wildman–Crippen MR) is 146 cm³/mol. The lowest BCUT2D eigenvalue weighted by atomic mass is 9.80. The minimum atomic E-state index is 0.0269. The molecule has 7 aromatic rings. The summed E-state index contributed by atoms with van der Waals surface area (Å²) < 4.78 is 9.23. The molecule has 9 rings (SSSR count). The molecule has 168 valence electrons. The van der Waals surface area contributed by atoms with Crippen molar-refractivity contribution < 1.29 is 4.42 Å². The van der Waals surface area contributed by atoms with Crippen molar-refractivity contribution >= 4 is 49.8 Å². The van der Waals surface area contributed by atoms with Crippen LogP contribution >= 0.6 is 0 Å². The second-order valence-corrected chi connectivity index (χ2v) is 9.72. The molecule has 0 spiro atoms. The van der Waals surface area contributed by atoms with E-state index in [4.69, 9.17) is 4.42 Å². The predicted octanol–water partition coefficient (Wildman–Crippen LogP) is 8.81. The molecule has 0 amide bonds. The lowest BCUT2D eigenvalue weighted by molar-refractivity contribution is 0.538. The molecule has 4 heterocycles. The molecule has 5 aromatic carbocycles. The van der Waals surface area contributed by atoms with Gasteiger partial charge in [0.05, 0.1) is 34.0 Å². The van der Waals surface area contributed by atoms with E-state index in [1.165, 1.54) is 44.3 Å². The summed E-state index contributed by atoms with van der Waals surface area (Å²) in [7, 11) is 0. The lowest BCUT2D eigenvalue weighted by Gasteiger charge is -2.38. The number of benzene rings is 5. The Morgan fingerprint density at radius 1 is 0.583 bits per heavy atom. The number of aromatic nitrogens is 1. The number of para-hydroxylation sites is 4. The van der Waals surface area contributed by atoms with Crippen LogP contribution in [-0.4, -0.2) is 4.57 Å². The van der Waals surface area contributed by atoms with Gasteiger partial charge >= 0.3 is 0 Å². The highest BCUT2D eigenvalue weighted by molar-refractivity contribution is 6.15. The normalized spacial score (nSPS) is 15.4. The second-order valence-electron chi connectivity index (χ2n) is 9.72. The van der Waals surface area contributed by atoms with Crippen LogP contribution in [-0.2, 0) is 0 Å². The fourth-order valence-electron chi connectivity index (χ4n) is 6.61. The van der Waals surface area contributed by atoms with Crippen molar-refractivity contribution in [2.24, 2.45) is 0 Å². The maximum atomic E-state index is 6.76. The summed E-state index contributed by atoms with van der Waals surface area (Å²) in [6, 6.07) is 41.3. The first-order chi connectivity index (χ1) is 17.9. The van der Waals surface area contributed by atoms with E-state index in [-0.39, 0.29) is 5.92 Å². The Hall–Kier alpha value is -4.76. The van der Waals surface area contributed by atoms with Crippen molar-refractivity contribution in [1.29, 1.82) is 0 Å². The number of hydrogen-bond acceptors (Lipinski definition) is 2. The van der Waals surface area contributed by atoms with Crippen molar-refractivity contribution in [2.45, 2.75) is 5.92 Å². The van der Waals surface area contributed by atoms with Gasteiger partial charge in [-0.15, -0.1) is 0 Å². The van der Waals surface area contributed by atoms with E-state index in [1.807, 2.05) is 0 Å². The van der Waals surface area contributed by atoms with Gasteiger partial charge < -0.3 is 13.9 Å². The largest absolute Gasteiger partial charge is 0.458 e. The third-order valence-electron chi connectivity index (χ3n) is 7.97. The molecule has 3 heteroatoms. The maximum absolute atomic E-state index is 6.76. The maximum Gasteiger partial charge on any atom is 0.141 e. The molecule has 0 bridgehead atoms. The topological polar surface area (TPSA) is 21.3 Å². The average Bonchev–Trinajstić information content (AvgIpc) is 3.49. The molecule has 1 atom stereocenters. The van der Waals surface area contributed by atoms with Gasteiger partial charge in [0.15, 0.2) is 0 Å². The SMILES string of the molecule is c1ccc(N2c3ccc4c5ccccc5n5c4c3C(c3ccccc3-5)c3oc4ccccc4c32)cc1. The first-order valence-electron chi connectivity index (χ1n) is 12.4. The molecule has 1 unspecified atom stereocenters. The Morgan fingerprint density at radius 3 is 2.25 bits per heavy atom. The van der Waals surface area contributed by atoms with Crippen LogP contribution in [0.5, 0.6) is 0 Å². The first kappa shape index (κ1) is 18.6. The summed E-state index contributed by atoms with van der Waals surface area (Å²) in [5.74, 6) is 1.04. The van der Waals surface area contributed by atoms with Gasteiger partial charge in [-0.25, -0.2) is 0 Å². The molecule has 0 radical (unpaired) electrons. The second kappa shape index (κ2) is 6.46. The molecule has 36 heavy (non-hydrogen) atoms. The highest BCUT2D eigenvalue weighted by atomic mass is 16.3. The molecule has 0 aliphatic carbocycles. The summed E-state index contributed by atoms with van der Waals surface area (Å²) in [6.45, 7) is 0. The van der Waals surface area contributed by atoms with Gasteiger partial charge in [0.1, 0.15) is 11.3 Å². The molecular formula is C33H20N2O. The monoisotopic (exact) mass is 460 g/mol. The Balaban J connectivity index is 1.53. The zero-order valence-corrected chi connectivity index (χ0v) is 19.3. The van der Waals surface area contributed by atoms with Gasteiger partial charge in [0.25, 0.3) is 0 Å². The summed E-state index contributed by atoms with van der Waals surface area (Å²) in [6.07, 6.45) is 0. The molecular weight excluding hydrogens is 440 g/mol. The van der Waals surface area contributed by atoms with Gasteiger partial charge in [-0.2, -0.15) is 0 Å². The smallest absolute Gasteiger partial charge is 0.141 e. The molecule has 3 nitrogen and oxygen atoms in total.